The fraction of sp³-hybridized carbons (Fsp3) is 0.375. The van der Waals surface area contributed by atoms with E-state index in [1.54, 1.807) is 0 Å². The summed E-state index contributed by atoms with van der Waals surface area (Å²) in [5.41, 5.74) is 0.955. The number of hydrogen-bond acceptors (Lipinski definition) is 4. The van der Waals surface area contributed by atoms with Crippen molar-refractivity contribution in [1.82, 2.24) is 10.6 Å². The Morgan fingerprint density at radius 2 is 2.09 bits per heavy atom. The molecule has 3 N–H and O–H groups in total. The van der Waals surface area contributed by atoms with Crippen LogP contribution in [0.25, 0.3) is 0 Å². The average molecular weight is 318 g/mol. The SMILES string of the molecule is CC(NC(=O)C1C(=O)NC2C=CSC2C1O)c1ccccc1. The highest BCUT2D eigenvalue weighted by atomic mass is 32.2. The number of aliphatic hydroxyl groups excluding tert-OH is 1. The molecule has 5 atom stereocenters. The topological polar surface area (TPSA) is 78.4 Å². The zero-order valence-corrected chi connectivity index (χ0v) is 12.9. The van der Waals surface area contributed by atoms with Crippen molar-refractivity contribution in [1.29, 1.82) is 0 Å². The van der Waals surface area contributed by atoms with Crippen LogP contribution in [0, 0.1) is 5.92 Å². The average Bonchev–Trinajstić information content (AvgIpc) is 2.96. The predicted octanol–water partition coefficient (Wildman–Crippen LogP) is 0.968. The Balaban J connectivity index is 1.70. The molecule has 1 fully saturated rings. The number of carbonyl (C=O) groups is 2. The molecule has 116 valence electrons. The molecule has 2 heterocycles. The van der Waals surface area contributed by atoms with Crippen LogP contribution in [0.1, 0.15) is 18.5 Å². The summed E-state index contributed by atoms with van der Waals surface area (Å²) in [6.07, 6.45) is 0.860. The van der Waals surface area contributed by atoms with Crippen molar-refractivity contribution in [3.05, 3.63) is 47.4 Å². The molecule has 1 aromatic rings. The highest BCUT2D eigenvalue weighted by Crippen LogP contribution is 2.34. The largest absolute Gasteiger partial charge is 0.390 e. The third-order valence-electron chi connectivity index (χ3n) is 4.09. The van der Waals surface area contributed by atoms with Crippen LogP contribution in [0.2, 0.25) is 0 Å². The van der Waals surface area contributed by atoms with Gasteiger partial charge in [-0.3, -0.25) is 9.59 Å². The Labute approximate surface area is 133 Å². The lowest BCUT2D eigenvalue weighted by Crippen LogP contribution is -2.61. The molecule has 22 heavy (non-hydrogen) atoms. The van der Waals surface area contributed by atoms with Crippen molar-refractivity contribution < 1.29 is 14.7 Å². The zero-order valence-electron chi connectivity index (χ0n) is 12.1. The second-order valence-corrected chi connectivity index (χ2v) is 6.66. The third kappa shape index (κ3) is 2.76. The summed E-state index contributed by atoms with van der Waals surface area (Å²) in [7, 11) is 0. The van der Waals surface area contributed by atoms with Gasteiger partial charge in [-0.1, -0.05) is 36.4 Å². The number of rotatable bonds is 3. The standard InChI is InChI=1S/C16H18N2O3S/c1-9(10-5-3-2-4-6-10)17-15(20)12-13(19)14-11(7-8-22-14)18-16(12)21/h2-9,11-14,19H,1H3,(H,17,20)(H,18,21). The summed E-state index contributed by atoms with van der Waals surface area (Å²) in [5, 5.41) is 17.6. The van der Waals surface area contributed by atoms with E-state index in [1.165, 1.54) is 11.8 Å². The van der Waals surface area contributed by atoms with Crippen molar-refractivity contribution in [3.8, 4) is 0 Å². The first-order chi connectivity index (χ1) is 10.6. The molecule has 0 aromatic heterocycles. The Morgan fingerprint density at radius 3 is 2.82 bits per heavy atom. The van der Waals surface area contributed by atoms with E-state index in [1.807, 2.05) is 48.7 Å². The summed E-state index contributed by atoms with van der Waals surface area (Å²) in [6.45, 7) is 1.86. The van der Waals surface area contributed by atoms with Crippen LogP contribution < -0.4 is 10.6 Å². The monoisotopic (exact) mass is 318 g/mol. The molecule has 0 bridgehead atoms. The van der Waals surface area contributed by atoms with Crippen LogP contribution in [0.4, 0.5) is 0 Å². The Bertz CT molecular complexity index is 605. The minimum Gasteiger partial charge on any atom is -0.390 e. The molecule has 5 unspecified atom stereocenters. The molecular weight excluding hydrogens is 300 g/mol. The minimum atomic E-state index is -1.07. The first-order valence-electron chi connectivity index (χ1n) is 7.24. The van der Waals surface area contributed by atoms with Gasteiger partial charge in [0.15, 0.2) is 0 Å². The van der Waals surface area contributed by atoms with E-state index in [0.717, 1.165) is 5.56 Å². The Morgan fingerprint density at radius 1 is 1.36 bits per heavy atom. The summed E-state index contributed by atoms with van der Waals surface area (Å²) in [5.74, 6) is -1.93. The fourth-order valence-electron chi connectivity index (χ4n) is 2.84. The number of thioether (sulfide) groups is 1. The molecule has 0 aliphatic carbocycles. The second kappa shape index (κ2) is 6.14. The van der Waals surface area contributed by atoms with Crippen LogP contribution in [-0.4, -0.2) is 34.3 Å². The molecule has 2 aliphatic rings. The van der Waals surface area contributed by atoms with E-state index >= 15 is 0 Å². The lowest BCUT2D eigenvalue weighted by Gasteiger charge is -2.35. The highest BCUT2D eigenvalue weighted by molar-refractivity contribution is 8.03. The molecule has 0 spiro atoms. The maximum Gasteiger partial charge on any atom is 0.235 e. The van der Waals surface area contributed by atoms with Gasteiger partial charge in [-0.05, 0) is 17.9 Å². The molecule has 5 nitrogen and oxygen atoms in total. The van der Waals surface area contributed by atoms with Gasteiger partial charge in [-0.15, -0.1) is 11.8 Å². The maximum atomic E-state index is 12.4. The molecule has 6 heteroatoms. The number of piperidine rings is 1. The van der Waals surface area contributed by atoms with Crippen LogP contribution in [0.15, 0.2) is 41.8 Å². The number of carbonyl (C=O) groups excluding carboxylic acids is 2. The molecule has 1 aromatic carbocycles. The number of hydrogen-bond donors (Lipinski definition) is 3. The Hall–Kier alpha value is -1.79. The fourth-order valence-corrected chi connectivity index (χ4v) is 3.93. The molecule has 3 rings (SSSR count). The van der Waals surface area contributed by atoms with Crippen molar-refractivity contribution in [2.75, 3.05) is 0 Å². The minimum absolute atomic E-state index is 0.192. The highest BCUT2D eigenvalue weighted by Gasteiger charge is 2.47. The van der Waals surface area contributed by atoms with E-state index < -0.39 is 23.8 Å². The summed E-state index contributed by atoms with van der Waals surface area (Å²) < 4.78 is 0. The van der Waals surface area contributed by atoms with Crippen molar-refractivity contribution in [2.45, 2.75) is 30.4 Å². The summed E-state index contributed by atoms with van der Waals surface area (Å²) >= 11 is 1.45. The maximum absolute atomic E-state index is 12.4. The lowest BCUT2D eigenvalue weighted by molar-refractivity contribution is -0.143. The van der Waals surface area contributed by atoms with Gasteiger partial charge in [-0.2, -0.15) is 0 Å². The molecule has 0 radical (unpaired) electrons. The summed E-state index contributed by atoms with van der Waals surface area (Å²) in [4.78, 5) is 24.6. The van der Waals surface area contributed by atoms with Gasteiger partial charge in [-0.25, -0.2) is 0 Å². The first-order valence-corrected chi connectivity index (χ1v) is 8.18. The van der Waals surface area contributed by atoms with Crippen LogP contribution in [-0.2, 0) is 9.59 Å². The Kier molecular flexibility index (Phi) is 4.22. The van der Waals surface area contributed by atoms with E-state index in [4.69, 9.17) is 0 Å². The smallest absolute Gasteiger partial charge is 0.235 e. The van der Waals surface area contributed by atoms with E-state index in [0.29, 0.717) is 0 Å². The molecule has 2 aliphatic heterocycles. The van der Waals surface area contributed by atoms with E-state index in [2.05, 4.69) is 10.6 Å². The first kappa shape index (κ1) is 15.1. The van der Waals surface area contributed by atoms with E-state index in [9.17, 15) is 14.7 Å². The van der Waals surface area contributed by atoms with Gasteiger partial charge in [0, 0.05) is 0 Å². The zero-order chi connectivity index (χ0) is 15.7. The molecular formula is C16H18N2O3S. The number of amides is 2. The van der Waals surface area contributed by atoms with Gasteiger partial charge in [0.2, 0.25) is 11.8 Å². The van der Waals surface area contributed by atoms with E-state index in [-0.39, 0.29) is 17.3 Å². The molecule has 2 amide bonds. The predicted molar refractivity (Wildman–Crippen MR) is 84.9 cm³/mol. The van der Waals surface area contributed by atoms with Gasteiger partial charge in [0.05, 0.1) is 23.4 Å². The quantitative estimate of drug-likeness (QED) is 0.726. The van der Waals surface area contributed by atoms with Crippen molar-refractivity contribution in [2.24, 2.45) is 5.92 Å². The van der Waals surface area contributed by atoms with Gasteiger partial charge < -0.3 is 15.7 Å². The molecule has 0 saturated carbocycles. The summed E-state index contributed by atoms with van der Waals surface area (Å²) in [6, 6.07) is 9.10. The molecule has 1 saturated heterocycles. The van der Waals surface area contributed by atoms with Crippen LogP contribution >= 0.6 is 11.8 Å². The number of aliphatic hydroxyl groups is 1. The third-order valence-corrected chi connectivity index (χ3v) is 5.29. The normalized spacial score (nSPS) is 31.3. The number of nitrogens with one attached hydrogen (secondary N) is 2. The van der Waals surface area contributed by atoms with Crippen molar-refractivity contribution in [3.63, 3.8) is 0 Å². The van der Waals surface area contributed by atoms with Gasteiger partial charge in [0.25, 0.3) is 0 Å². The number of fused-ring (bicyclic) bond motifs is 1. The second-order valence-electron chi connectivity index (χ2n) is 5.57. The van der Waals surface area contributed by atoms with Gasteiger partial charge >= 0.3 is 0 Å². The van der Waals surface area contributed by atoms with Crippen LogP contribution in [0.5, 0.6) is 0 Å². The lowest BCUT2D eigenvalue weighted by atomic mass is 9.89. The van der Waals surface area contributed by atoms with Gasteiger partial charge in [0.1, 0.15) is 5.92 Å². The van der Waals surface area contributed by atoms with Crippen molar-refractivity contribution >= 4 is 23.6 Å². The van der Waals surface area contributed by atoms with Crippen LogP contribution in [0.3, 0.4) is 0 Å². The number of benzene rings is 1.